The summed E-state index contributed by atoms with van der Waals surface area (Å²) in [5, 5.41) is 2.69. The molecule has 0 radical (unpaired) electrons. The fourth-order valence-corrected chi connectivity index (χ4v) is 2.50. The molecule has 3 N–H and O–H groups in total. The number of amides is 4. The van der Waals surface area contributed by atoms with Gasteiger partial charge in [-0.2, -0.15) is 0 Å². The molecule has 0 atom stereocenters. The molecule has 0 spiro atoms. The molecule has 0 aliphatic carbocycles. The van der Waals surface area contributed by atoms with Gasteiger partial charge in [-0.1, -0.05) is 0 Å². The van der Waals surface area contributed by atoms with Gasteiger partial charge in [0.1, 0.15) is 5.56 Å². The second-order valence-corrected chi connectivity index (χ2v) is 5.42. The Morgan fingerprint density at radius 3 is 2.50 bits per heavy atom. The number of carbonyl (C=O) groups is 3. The third-order valence-corrected chi connectivity index (χ3v) is 3.79. The summed E-state index contributed by atoms with van der Waals surface area (Å²) in [5.41, 5.74) is 5.72. The summed E-state index contributed by atoms with van der Waals surface area (Å²) in [6, 6.07) is 1.11. The van der Waals surface area contributed by atoms with E-state index < -0.39 is 5.91 Å². The number of anilines is 1. The highest BCUT2D eigenvalue weighted by atomic mass is 16.5. The fourth-order valence-electron chi connectivity index (χ4n) is 2.50. The van der Waals surface area contributed by atoms with Crippen LogP contribution in [0.3, 0.4) is 0 Å². The quantitative estimate of drug-likeness (QED) is 0.822. The van der Waals surface area contributed by atoms with Gasteiger partial charge >= 0.3 is 6.03 Å². The molecule has 0 bridgehead atoms. The van der Waals surface area contributed by atoms with Gasteiger partial charge in [-0.3, -0.25) is 9.59 Å². The number of aromatic nitrogens is 1. The third kappa shape index (κ3) is 4.12. The Hall–Kier alpha value is -2.84. The fraction of sp³-hybridized carbons (Fsp3) is 0.467. The number of primary amides is 1. The number of pyridine rings is 1. The van der Waals surface area contributed by atoms with Crippen molar-refractivity contribution in [3.63, 3.8) is 0 Å². The number of nitrogens with two attached hydrogens (primary N) is 1. The van der Waals surface area contributed by atoms with E-state index in [1.54, 1.807) is 9.80 Å². The normalized spacial score (nSPS) is 14.8. The first kappa shape index (κ1) is 17.5. The standard InChI is InChI=1S/C15H21N5O4/c1-10(21)19-4-3-5-20(7-6-19)15(23)18-11-8-12(13(16)22)14(24-2)17-9-11/h8-9H,3-7H2,1-2H3,(H2,16,22)(H,18,23). The van der Waals surface area contributed by atoms with Crippen molar-refractivity contribution in [1.82, 2.24) is 14.8 Å². The summed E-state index contributed by atoms with van der Waals surface area (Å²) < 4.78 is 4.96. The van der Waals surface area contributed by atoms with Crippen LogP contribution in [0.4, 0.5) is 10.5 Å². The molecule has 1 fully saturated rings. The molecule has 2 heterocycles. The summed E-state index contributed by atoms with van der Waals surface area (Å²) in [7, 11) is 1.38. The Labute approximate surface area is 139 Å². The second kappa shape index (κ2) is 7.62. The van der Waals surface area contributed by atoms with Crippen LogP contribution in [-0.2, 0) is 4.79 Å². The van der Waals surface area contributed by atoms with E-state index >= 15 is 0 Å². The minimum absolute atomic E-state index is 0.00251. The molecule has 0 aromatic carbocycles. The first-order valence-corrected chi connectivity index (χ1v) is 7.57. The largest absolute Gasteiger partial charge is 0.480 e. The van der Waals surface area contributed by atoms with Crippen LogP contribution in [0.15, 0.2) is 12.3 Å². The molecule has 1 aromatic rings. The summed E-state index contributed by atoms with van der Waals surface area (Å²) in [6.45, 7) is 3.63. The van der Waals surface area contributed by atoms with Crippen LogP contribution in [0.1, 0.15) is 23.7 Å². The summed E-state index contributed by atoms with van der Waals surface area (Å²) in [6.07, 6.45) is 2.10. The van der Waals surface area contributed by atoms with Gasteiger partial charge < -0.3 is 25.6 Å². The first-order chi connectivity index (χ1) is 11.4. The maximum atomic E-state index is 12.4. The summed E-state index contributed by atoms with van der Waals surface area (Å²) in [5.74, 6) is -0.586. The molecule has 4 amide bonds. The molecular formula is C15H21N5O4. The molecule has 1 aliphatic heterocycles. The van der Waals surface area contributed by atoms with Crippen LogP contribution in [-0.4, -0.2) is 65.9 Å². The molecule has 1 aromatic heterocycles. The van der Waals surface area contributed by atoms with Crippen LogP contribution < -0.4 is 15.8 Å². The van der Waals surface area contributed by atoms with Gasteiger partial charge in [-0.15, -0.1) is 0 Å². The number of carbonyl (C=O) groups excluding carboxylic acids is 3. The minimum Gasteiger partial charge on any atom is -0.480 e. The van der Waals surface area contributed by atoms with Gasteiger partial charge in [0.2, 0.25) is 11.8 Å². The molecule has 2 rings (SSSR count). The van der Waals surface area contributed by atoms with Crippen molar-refractivity contribution < 1.29 is 19.1 Å². The van der Waals surface area contributed by atoms with E-state index in [1.807, 2.05) is 0 Å². The van der Waals surface area contributed by atoms with Crippen molar-refractivity contribution in [2.45, 2.75) is 13.3 Å². The van der Waals surface area contributed by atoms with Gasteiger partial charge in [-0.25, -0.2) is 9.78 Å². The minimum atomic E-state index is -0.692. The van der Waals surface area contributed by atoms with Crippen molar-refractivity contribution in [2.24, 2.45) is 5.73 Å². The van der Waals surface area contributed by atoms with Crippen molar-refractivity contribution in [3.05, 3.63) is 17.8 Å². The van der Waals surface area contributed by atoms with Crippen molar-refractivity contribution in [2.75, 3.05) is 38.6 Å². The predicted molar refractivity (Wildman–Crippen MR) is 86.8 cm³/mol. The number of hydrogen-bond acceptors (Lipinski definition) is 5. The SMILES string of the molecule is COc1ncc(NC(=O)N2CCCN(C(C)=O)CC2)cc1C(N)=O. The number of ether oxygens (including phenoxy) is 1. The Bertz CT molecular complexity index is 649. The van der Waals surface area contributed by atoms with E-state index in [0.29, 0.717) is 38.3 Å². The lowest BCUT2D eigenvalue weighted by Gasteiger charge is -2.21. The van der Waals surface area contributed by atoms with Crippen molar-refractivity contribution in [1.29, 1.82) is 0 Å². The van der Waals surface area contributed by atoms with E-state index in [2.05, 4.69) is 10.3 Å². The average Bonchev–Trinajstić information content (AvgIpc) is 2.81. The molecule has 1 aliphatic rings. The van der Waals surface area contributed by atoms with E-state index in [9.17, 15) is 14.4 Å². The van der Waals surface area contributed by atoms with Gasteiger partial charge in [0.25, 0.3) is 5.91 Å². The molecule has 1 saturated heterocycles. The number of methoxy groups -OCH3 is 1. The van der Waals surface area contributed by atoms with E-state index in [0.717, 1.165) is 0 Å². The monoisotopic (exact) mass is 335 g/mol. The number of hydrogen-bond donors (Lipinski definition) is 2. The van der Waals surface area contributed by atoms with E-state index in [1.165, 1.54) is 26.3 Å². The third-order valence-electron chi connectivity index (χ3n) is 3.79. The van der Waals surface area contributed by atoms with Crippen LogP contribution in [0.2, 0.25) is 0 Å². The topological polar surface area (TPSA) is 118 Å². The molecule has 130 valence electrons. The molecule has 0 saturated carbocycles. The number of nitrogens with zero attached hydrogens (tertiary/aromatic N) is 3. The number of rotatable bonds is 3. The number of nitrogens with one attached hydrogen (secondary N) is 1. The lowest BCUT2D eigenvalue weighted by Crippen LogP contribution is -2.38. The van der Waals surface area contributed by atoms with E-state index in [-0.39, 0.29) is 23.4 Å². The summed E-state index contributed by atoms with van der Waals surface area (Å²) >= 11 is 0. The molecule has 9 heteroatoms. The van der Waals surface area contributed by atoms with Crippen molar-refractivity contribution in [3.8, 4) is 5.88 Å². The molecule has 24 heavy (non-hydrogen) atoms. The highest BCUT2D eigenvalue weighted by Crippen LogP contribution is 2.19. The van der Waals surface area contributed by atoms with Crippen LogP contribution in [0.25, 0.3) is 0 Å². The lowest BCUT2D eigenvalue weighted by molar-refractivity contribution is -0.128. The average molecular weight is 335 g/mol. The summed E-state index contributed by atoms with van der Waals surface area (Å²) in [4.78, 5) is 42.5. The van der Waals surface area contributed by atoms with Gasteiger partial charge in [0.05, 0.1) is 19.0 Å². The molecule has 9 nitrogen and oxygen atoms in total. The maximum absolute atomic E-state index is 12.4. The lowest BCUT2D eigenvalue weighted by atomic mass is 10.2. The zero-order valence-electron chi connectivity index (χ0n) is 13.7. The first-order valence-electron chi connectivity index (χ1n) is 7.57. The van der Waals surface area contributed by atoms with Gasteiger partial charge in [-0.05, 0) is 12.5 Å². The predicted octanol–water partition coefficient (Wildman–Crippen LogP) is 0.275. The Morgan fingerprint density at radius 1 is 1.21 bits per heavy atom. The molecular weight excluding hydrogens is 314 g/mol. The zero-order valence-corrected chi connectivity index (χ0v) is 13.7. The smallest absolute Gasteiger partial charge is 0.321 e. The Morgan fingerprint density at radius 2 is 1.88 bits per heavy atom. The van der Waals surface area contributed by atoms with Crippen LogP contribution in [0.5, 0.6) is 5.88 Å². The van der Waals surface area contributed by atoms with Gasteiger partial charge in [0.15, 0.2) is 0 Å². The maximum Gasteiger partial charge on any atom is 0.321 e. The Balaban J connectivity index is 2.05. The second-order valence-electron chi connectivity index (χ2n) is 5.42. The highest BCUT2D eigenvalue weighted by molar-refractivity contribution is 5.97. The van der Waals surface area contributed by atoms with Gasteiger partial charge in [0, 0.05) is 33.1 Å². The number of urea groups is 1. The zero-order chi connectivity index (χ0) is 17.7. The van der Waals surface area contributed by atoms with Crippen LogP contribution >= 0.6 is 0 Å². The Kier molecular flexibility index (Phi) is 5.56. The van der Waals surface area contributed by atoms with Crippen LogP contribution in [0, 0.1) is 0 Å². The molecule has 0 unspecified atom stereocenters. The van der Waals surface area contributed by atoms with Crippen molar-refractivity contribution >= 4 is 23.5 Å². The van der Waals surface area contributed by atoms with E-state index in [4.69, 9.17) is 10.5 Å². The highest BCUT2D eigenvalue weighted by Gasteiger charge is 2.21.